The molecule has 1 nitrogen and oxygen atoms in total. The summed E-state index contributed by atoms with van der Waals surface area (Å²) in [5, 5.41) is 3.98. The van der Waals surface area contributed by atoms with Gasteiger partial charge < -0.3 is 5.32 Å². The number of nitrogens with one attached hydrogen (secondary N) is 1. The van der Waals surface area contributed by atoms with Gasteiger partial charge in [-0.05, 0) is 86.9 Å². The number of rotatable bonds is 4. The van der Waals surface area contributed by atoms with Crippen molar-refractivity contribution in [1.82, 2.24) is 5.32 Å². The Bertz CT molecular complexity index is 319. The summed E-state index contributed by atoms with van der Waals surface area (Å²) in [7, 11) is 0. The van der Waals surface area contributed by atoms with E-state index in [1.165, 1.54) is 25.8 Å². The van der Waals surface area contributed by atoms with Gasteiger partial charge in [-0.25, -0.2) is 0 Å². The minimum Gasteiger partial charge on any atom is -0.313 e. The van der Waals surface area contributed by atoms with Crippen molar-refractivity contribution >= 4 is 0 Å². The van der Waals surface area contributed by atoms with Crippen LogP contribution >= 0.6 is 0 Å². The largest absolute Gasteiger partial charge is 0.313 e. The van der Waals surface area contributed by atoms with Gasteiger partial charge in [0.05, 0.1) is 0 Å². The molecule has 1 heteroatoms. The maximum Gasteiger partial charge on any atom is 0.00957 e. The summed E-state index contributed by atoms with van der Waals surface area (Å²) in [5.41, 5.74) is 1.32. The standard InChI is InChI=1S/C18H31N/c1-13(19-12-17(2)4-3-5-17)18-9-14-6-15(10-18)8-16(7-14)11-18/h13-16,19H,3-12H2,1-2H3. The van der Waals surface area contributed by atoms with Crippen molar-refractivity contribution in [3.05, 3.63) is 0 Å². The zero-order valence-electron chi connectivity index (χ0n) is 12.9. The molecule has 0 aromatic heterocycles. The predicted molar refractivity (Wildman–Crippen MR) is 80.0 cm³/mol. The van der Waals surface area contributed by atoms with E-state index >= 15 is 0 Å². The first-order valence-corrected chi connectivity index (χ1v) is 8.80. The summed E-state index contributed by atoms with van der Waals surface area (Å²) >= 11 is 0. The zero-order chi connectivity index (χ0) is 13.1. The van der Waals surface area contributed by atoms with E-state index in [1.54, 1.807) is 38.5 Å². The molecule has 0 aromatic rings. The third-order valence-electron chi connectivity index (χ3n) is 7.40. The van der Waals surface area contributed by atoms with Crippen molar-refractivity contribution < 1.29 is 0 Å². The molecule has 0 radical (unpaired) electrons. The smallest absolute Gasteiger partial charge is 0.00957 e. The Morgan fingerprint density at radius 2 is 1.53 bits per heavy atom. The van der Waals surface area contributed by atoms with E-state index in [1.807, 2.05) is 0 Å². The molecule has 0 saturated heterocycles. The van der Waals surface area contributed by atoms with Gasteiger partial charge in [-0.15, -0.1) is 0 Å². The second kappa shape index (κ2) is 4.23. The monoisotopic (exact) mass is 261 g/mol. The van der Waals surface area contributed by atoms with Crippen LogP contribution in [0.3, 0.4) is 0 Å². The van der Waals surface area contributed by atoms with Gasteiger partial charge in [0.1, 0.15) is 0 Å². The molecule has 5 fully saturated rings. The van der Waals surface area contributed by atoms with E-state index < -0.39 is 0 Å². The lowest BCUT2D eigenvalue weighted by Gasteiger charge is -2.59. The fourth-order valence-corrected chi connectivity index (χ4v) is 6.28. The zero-order valence-corrected chi connectivity index (χ0v) is 12.9. The van der Waals surface area contributed by atoms with Crippen LogP contribution < -0.4 is 5.32 Å². The van der Waals surface area contributed by atoms with Crippen LogP contribution in [0.15, 0.2) is 0 Å². The highest BCUT2D eigenvalue weighted by molar-refractivity contribution is 5.05. The average molecular weight is 261 g/mol. The van der Waals surface area contributed by atoms with E-state index in [9.17, 15) is 0 Å². The van der Waals surface area contributed by atoms with Crippen LogP contribution in [0, 0.1) is 28.6 Å². The quantitative estimate of drug-likeness (QED) is 0.792. The van der Waals surface area contributed by atoms with Gasteiger partial charge in [0.2, 0.25) is 0 Å². The molecule has 19 heavy (non-hydrogen) atoms. The van der Waals surface area contributed by atoms with Crippen molar-refractivity contribution in [1.29, 1.82) is 0 Å². The van der Waals surface area contributed by atoms with E-state index in [4.69, 9.17) is 0 Å². The molecule has 1 N–H and O–H groups in total. The molecule has 0 amide bonds. The summed E-state index contributed by atoms with van der Waals surface area (Å²) < 4.78 is 0. The third kappa shape index (κ3) is 2.07. The molecular weight excluding hydrogens is 230 g/mol. The Kier molecular flexibility index (Phi) is 2.82. The normalized spacial score (nSPS) is 48.0. The van der Waals surface area contributed by atoms with Crippen LogP contribution in [-0.2, 0) is 0 Å². The van der Waals surface area contributed by atoms with Gasteiger partial charge in [-0.1, -0.05) is 13.3 Å². The van der Waals surface area contributed by atoms with Crippen molar-refractivity contribution in [2.75, 3.05) is 6.54 Å². The highest BCUT2D eigenvalue weighted by atomic mass is 14.9. The molecule has 5 aliphatic carbocycles. The average Bonchev–Trinajstić information content (AvgIpc) is 2.32. The molecule has 0 aliphatic heterocycles. The number of hydrogen-bond donors (Lipinski definition) is 1. The van der Waals surface area contributed by atoms with Crippen molar-refractivity contribution in [3.8, 4) is 0 Å². The molecule has 0 aromatic carbocycles. The lowest BCUT2D eigenvalue weighted by molar-refractivity contribution is -0.0725. The second-order valence-corrected chi connectivity index (χ2v) is 9.05. The van der Waals surface area contributed by atoms with E-state index in [0.29, 0.717) is 10.8 Å². The molecule has 108 valence electrons. The molecular formula is C18H31N. The van der Waals surface area contributed by atoms with Crippen LogP contribution in [0.2, 0.25) is 0 Å². The van der Waals surface area contributed by atoms with E-state index in [2.05, 4.69) is 19.2 Å². The topological polar surface area (TPSA) is 12.0 Å². The summed E-state index contributed by atoms with van der Waals surface area (Å²) in [4.78, 5) is 0. The van der Waals surface area contributed by atoms with Crippen molar-refractivity contribution in [3.63, 3.8) is 0 Å². The van der Waals surface area contributed by atoms with Gasteiger partial charge >= 0.3 is 0 Å². The first-order valence-electron chi connectivity index (χ1n) is 8.80. The first kappa shape index (κ1) is 12.7. The van der Waals surface area contributed by atoms with Crippen molar-refractivity contribution in [2.24, 2.45) is 28.6 Å². The molecule has 0 heterocycles. The lowest BCUT2D eigenvalue weighted by Crippen LogP contribution is -2.56. The highest BCUT2D eigenvalue weighted by Gasteiger charge is 2.53. The van der Waals surface area contributed by atoms with Gasteiger partial charge in [0.25, 0.3) is 0 Å². The van der Waals surface area contributed by atoms with Crippen molar-refractivity contribution in [2.45, 2.75) is 77.7 Å². The summed E-state index contributed by atoms with van der Waals surface area (Å²) in [6.07, 6.45) is 13.7. The maximum absolute atomic E-state index is 3.98. The summed E-state index contributed by atoms with van der Waals surface area (Å²) in [6.45, 7) is 6.26. The Hall–Kier alpha value is -0.0400. The molecule has 1 unspecified atom stereocenters. The molecule has 1 atom stereocenters. The second-order valence-electron chi connectivity index (χ2n) is 9.05. The third-order valence-corrected chi connectivity index (χ3v) is 7.40. The number of hydrogen-bond acceptors (Lipinski definition) is 1. The molecule has 5 rings (SSSR count). The molecule has 5 saturated carbocycles. The SMILES string of the molecule is CC(NCC1(C)CCC1)C12CC3CC(CC(C3)C1)C2. The van der Waals surface area contributed by atoms with Crippen LogP contribution in [-0.4, -0.2) is 12.6 Å². The van der Waals surface area contributed by atoms with Crippen LogP contribution in [0.5, 0.6) is 0 Å². The molecule has 4 bridgehead atoms. The van der Waals surface area contributed by atoms with Gasteiger partial charge in [0, 0.05) is 12.6 Å². The van der Waals surface area contributed by atoms with Gasteiger partial charge in [0.15, 0.2) is 0 Å². The Labute approximate surface area is 118 Å². The fourth-order valence-electron chi connectivity index (χ4n) is 6.28. The predicted octanol–water partition coefficient (Wildman–Crippen LogP) is 4.37. The van der Waals surface area contributed by atoms with Crippen LogP contribution in [0.25, 0.3) is 0 Å². The molecule has 0 spiro atoms. The van der Waals surface area contributed by atoms with Crippen LogP contribution in [0.4, 0.5) is 0 Å². The minimum absolute atomic E-state index is 0.635. The fraction of sp³-hybridized carbons (Fsp3) is 1.00. The molecule has 5 aliphatic rings. The lowest BCUT2D eigenvalue weighted by atomic mass is 9.48. The Morgan fingerprint density at radius 1 is 1.00 bits per heavy atom. The van der Waals surface area contributed by atoms with Gasteiger partial charge in [-0.3, -0.25) is 0 Å². The van der Waals surface area contributed by atoms with E-state index in [-0.39, 0.29) is 0 Å². The Balaban J connectivity index is 1.43. The first-order chi connectivity index (χ1) is 9.07. The minimum atomic E-state index is 0.635. The van der Waals surface area contributed by atoms with Gasteiger partial charge in [-0.2, -0.15) is 0 Å². The highest BCUT2D eigenvalue weighted by Crippen LogP contribution is 2.61. The van der Waals surface area contributed by atoms with Crippen LogP contribution in [0.1, 0.15) is 71.6 Å². The Morgan fingerprint density at radius 3 is 1.95 bits per heavy atom. The summed E-state index contributed by atoms with van der Waals surface area (Å²) in [5.74, 6) is 3.28. The van der Waals surface area contributed by atoms with E-state index in [0.717, 1.165) is 23.8 Å². The maximum atomic E-state index is 3.98. The summed E-state index contributed by atoms with van der Waals surface area (Å²) in [6, 6.07) is 0.762.